The second kappa shape index (κ2) is 10.9. The molecule has 0 aromatic heterocycles. The summed E-state index contributed by atoms with van der Waals surface area (Å²) in [6.07, 6.45) is 7.33. The third-order valence-corrected chi connectivity index (χ3v) is 9.38. The van der Waals surface area contributed by atoms with E-state index in [2.05, 4.69) is 31.8 Å². The van der Waals surface area contributed by atoms with Crippen LogP contribution in [0.4, 0.5) is 21.9 Å². The number of benzene rings is 2. The Hall–Kier alpha value is -3.42. The van der Waals surface area contributed by atoms with Crippen LogP contribution in [-0.2, 0) is 0 Å². The van der Waals surface area contributed by atoms with Crippen molar-refractivity contribution < 1.29 is 14.3 Å². The van der Waals surface area contributed by atoms with Gasteiger partial charge in [-0.3, -0.25) is 4.79 Å². The standard InChI is InChI=1S/C32H43N5O3/c1-21(2)33-30(38)26-17-25(34-31(39)35-32-18-22-14-23(19-32)16-24(15-22)20-32)8-9-27(26)36-10-12-37(13-11-36)28-6-4-5-7-29(28)40-3/h4-9,17,21-24H,10-16,18-20H2,1-3H3,(H,33,38)(H2,34,35,39). The van der Waals surface area contributed by atoms with E-state index in [0.717, 1.165) is 80.3 Å². The first-order valence-electron chi connectivity index (χ1n) is 15.0. The molecule has 5 fully saturated rings. The number of piperazine rings is 1. The number of nitrogens with zero attached hydrogens (tertiary/aromatic N) is 2. The fourth-order valence-electron chi connectivity index (χ4n) is 8.16. The van der Waals surface area contributed by atoms with Gasteiger partial charge in [0.25, 0.3) is 5.91 Å². The molecule has 8 heteroatoms. The minimum Gasteiger partial charge on any atom is -0.495 e. The number of urea groups is 1. The van der Waals surface area contributed by atoms with Crippen LogP contribution in [0.15, 0.2) is 42.5 Å². The van der Waals surface area contributed by atoms with E-state index >= 15 is 0 Å². The van der Waals surface area contributed by atoms with Gasteiger partial charge in [-0.2, -0.15) is 0 Å². The molecule has 1 aliphatic heterocycles. The van der Waals surface area contributed by atoms with Crippen LogP contribution in [0.5, 0.6) is 5.75 Å². The molecule has 1 saturated heterocycles. The molecule has 4 saturated carbocycles. The Balaban J connectivity index is 1.16. The van der Waals surface area contributed by atoms with Gasteiger partial charge in [-0.15, -0.1) is 0 Å². The predicted molar refractivity (Wildman–Crippen MR) is 160 cm³/mol. The third-order valence-electron chi connectivity index (χ3n) is 9.38. The zero-order chi connectivity index (χ0) is 27.9. The molecule has 0 spiro atoms. The van der Waals surface area contributed by atoms with E-state index in [1.54, 1.807) is 7.11 Å². The van der Waals surface area contributed by atoms with Gasteiger partial charge < -0.3 is 30.5 Å². The summed E-state index contributed by atoms with van der Waals surface area (Å²) < 4.78 is 5.57. The van der Waals surface area contributed by atoms with Crippen LogP contribution in [0, 0.1) is 17.8 Å². The van der Waals surface area contributed by atoms with Crippen molar-refractivity contribution in [1.29, 1.82) is 0 Å². The largest absolute Gasteiger partial charge is 0.495 e. The van der Waals surface area contributed by atoms with Crippen LogP contribution < -0.4 is 30.5 Å². The first-order valence-corrected chi connectivity index (χ1v) is 15.0. The molecule has 0 atom stereocenters. The minimum atomic E-state index is -0.157. The predicted octanol–water partition coefficient (Wildman–Crippen LogP) is 5.25. The Labute approximate surface area is 237 Å². The van der Waals surface area contributed by atoms with Crippen LogP contribution in [0.3, 0.4) is 0 Å². The van der Waals surface area contributed by atoms with E-state index in [1.165, 1.54) is 19.3 Å². The summed E-state index contributed by atoms with van der Waals surface area (Å²) in [5.41, 5.74) is 3.16. The lowest BCUT2D eigenvalue weighted by Gasteiger charge is -2.56. The first kappa shape index (κ1) is 26.8. The van der Waals surface area contributed by atoms with Crippen LogP contribution >= 0.6 is 0 Å². The van der Waals surface area contributed by atoms with Crippen molar-refractivity contribution >= 4 is 29.0 Å². The zero-order valence-corrected chi connectivity index (χ0v) is 24.0. The van der Waals surface area contributed by atoms with Crippen molar-refractivity contribution in [1.82, 2.24) is 10.6 Å². The average molecular weight is 546 g/mol. The number of anilines is 3. The van der Waals surface area contributed by atoms with Gasteiger partial charge in [-0.25, -0.2) is 4.79 Å². The molecule has 2 aromatic carbocycles. The van der Waals surface area contributed by atoms with Gasteiger partial charge in [0.05, 0.1) is 18.4 Å². The summed E-state index contributed by atoms with van der Waals surface area (Å²) in [5, 5.41) is 9.50. The second-order valence-corrected chi connectivity index (χ2v) is 12.8. The molecule has 40 heavy (non-hydrogen) atoms. The lowest BCUT2D eigenvalue weighted by Crippen LogP contribution is -2.60. The van der Waals surface area contributed by atoms with E-state index in [0.29, 0.717) is 11.3 Å². The molecule has 7 rings (SSSR count). The summed E-state index contributed by atoms with van der Waals surface area (Å²) >= 11 is 0. The first-order chi connectivity index (χ1) is 19.3. The maximum atomic E-state index is 13.3. The van der Waals surface area contributed by atoms with Gasteiger partial charge in [0, 0.05) is 49.1 Å². The van der Waals surface area contributed by atoms with Crippen molar-refractivity contribution in [3.63, 3.8) is 0 Å². The molecular weight excluding hydrogens is 502 g/mol. The topological polar surface area (TPSA) is 85.9 Å². The molecule has 5 aliphatic rings. The highest BCUT2D eigenvalue weighted by atomic mass is 16.5. The molecule has 1 heterocycles. The van der Waals surface area contributed by atoms with Gasteiger partial charge in [0.15, 0.2) is 0 Å². The van der Waals surface area contributed by atoms with Crippen molar-refractivity contribution in [2.24, 2.45) is 17.8 Å². The van der Waals surface area contributed by atoms with Crippen molar-refractivity contribution in [2.75, 3.05) is 48.4 Å². The zero-order valence-electron chi connectivity index (χ0n) is 24.0. The number of hydrogen-bond donors (Lipinski definition) is 3. The molecular formula is C32H43N5O3. The van der Waals surface area contributed by atoms with Crippen molar-refractivity contribution in [3.8, 4) is 5.75 Å². The van der Waals surface area contributed by atoms with Crippen LogP contribution in [-0.4, -0.2) is 56.8 Å². The second-order valence-electron chi connectivity index (χ2n) is 12.8. The van der Waals surface area contributed by atoms with Gasteiger partial charge >= 0.3 is 6.03 Å². The van der Waals surface area contributed by atoms with E-state index in [9.17, 15) is 9.59 Å². The summed E-state index contributed by atoms with van der Waals surface area (Å²) in [5.74, 6) is 3.04. The number of para-hydroxylation sites is 2. The van der Waals surface area contributed by atoms with Crippen molar-refractivity contribution in [2.45, 2.75) is 64.0 Å². The highest BCUT2D eigenvalue weighted by Crippen LogP contribution is 2.55. The quantitative estimate of drug-likeness (QED) is 0.443. The summed E-state index contributed by atoms with van der Waals surface area (Å²) in [4.78, 5) is 31.1. The van der Waals surface area contributed by atoms with Crippen molar-refractivity contribution in [3.05, 3.63) is 48.0 Å². The summed E-state index contributed by atoms with van der Waals surface area (Å²) in [6, 6.07) is 13.7. The molecule has 8 nitrogen and oxygen atoms in total. The number of hydrogen-bond acceptors (Lipinski definition) is 5. The van der Waals surface area contributed by atoms with Gasteiger partial charge in [0.2, 0.25) is 0 Å². The Morgan fingerprint density at radius 1 is 0.875 bits per heavy atom. The summed E-state index contributed by atoms with van der Waals surface area (Å²) in [7, 11) is 1.70. The fourth-order valence-corrected chi connectivity index (χ4v) is 8.16. The smallest absolute Gasteiger partial charge is 0.319 e. The normalized spacial score (nSPS) is 27.1. The molecule has 0 unspecified atom stereocenters. The molecule has 0 radical (unpaired) electrons. The Bertz CT molecular complexity index is 1220. The Morgan fingerprint density at radius 3 is 2.08 bits per heavy atom. The van der Waals surface area contributed by atoms with E-state index in [-0.39, 0.29) is 23.5 Å². The highest BCUT2D eigenvalue weighted by molar-refractivity contribution is 6.02. The van der Waals surface area contributed by atoms with E-state index in [1.807, 2.05) is 50.2 Å². The van der Waals surface area contributed by atoms with Gasteiger partial charge in [-0.05, 0) is 100 Å². The Morgan fingerprint density at radius 2 is 1.48 bits per heavy atom. The molecule has 2 aromatic rings. The number of rotatable bonds is 7. The number of carbonyl (C=O) groups excluding carboxylic acids is 2. The van der Waals surface area contributed by atoms with Crippen LogP contribution in [0.2, 0.25) is 0 Å². The number of ether oxygens (including phenoxy) is 1. The molecule has 4 bridgehead atoms. The molecule has 4 aliphatic carbocycles. The third kappa shape index (κ3) is 5.45. The average Bonchev–Trinajstić information content (AvgIpc) is 2.91. The maximum Gasteiger partial charge on any atom is 0.319 e. The Kier molecular flexibility index (Phi) is 7.27. The van der Waals surface area contributed by atoms with Crippen LogP contribution in [0.1, 0.15) is 62.7 Å². The highest BCUT2D eigenvalue weighted by Gasteiger charge is 2.51. The van der Waals surface area contributed by atoms with E-state index < -0.39 is 0 Å². The molecule has 214 valence electrons. The van der Waals surface area contributed by atoms with E-state index in [4.69, 9.17) is 4.74 Å². The SMILES string of the molecule is COc1ccccc1N1CCN(c2ccc(NC(=O)NC34CC5CC(CC(C5)C3)C4)cc2C(=O)NC(C)C)CC1. The fraction of sp³-hybridized carbons (Fsp3) is 0.562. The number of nitrogens with one attached hydrogen (secondary N) is 3. The lowest BCUT2D eigenvalue weighted by atomic mass is 9.53. The van der Waals surface area contributed by atoms with Gasteiger partial charge in [0.1, 0.15) is 5.75 Å². The lowest BCUT2D eigenvalue weighted by molar-refractivity contribution is -0.0127. The van der Waals surface area contributed by atoms with Crippen LogP contribution in [0.25, 0.3) is 0 Å². The number of carbonyl (C=O) groups is 2. The summed E-state index contributed by atoms with van der Waals surface area (Å²) in [6.45, 7) is 7.12. The molecule has 3 amide bonds. The minimum absolute atomic E-state index is 0.0127. The monoisotopic (exact) mass is 545 g/mol. The number of amides is 3. The van der Waals surface area contributed by atoms with Gasteiger partial charge in [-0.1, -0.05) is 12.1 Å². The maximum absolute atomic E-state index is 13.3. The molecule has 3 N–H and O–H groups in total. The number of methoxy groups -OCH3 is 1.